The molecule has 1 N–H and O–H groups in total. The van der Waals surface area contributed by atoms with Gasteiger partial charge in [-0.1, -0.05) is 29.8 Å². The topological polar surface area (TPSA) is 106 Å². The first-order valence-corrected chi connectivity index (χ1v) is 15.4. The Morgan fingerprint density at radius 1 is 0.953 bits per heavy atom. The number of amides is 1. The first-order valence-electron chi connectivity index (χ1n) is 13.1. The van der Waals surface area contributed by atoms with Crippen LogP contribution >= 0.6 is 11.6 Å². The first kappa shape index (κ1) is 28.4. The van der Waals surface area contributed by atoms with Crippen molar-refractivity contribution in [3.8, 4) is 33.9 Å². The summed E-state index contributed by atoms with van der Waals surface area (Å²) in [6.45, 7) is 1.91. The number of furan rings is 1. The van der Waals surface area contributed by atoms with E-state index in [0.717, 1.165) is 16.1 Å². The van der Waals surface area contributed by atoms with Crippen LogP contribution < -0.4 is 9.62 Å². The molecule has 2 aromatic heterocycles. The van der Waals surface area contributed by atoms with Crippen molar-refractivity contribution >= 4 is 55.3 Å². The number of halogens is 2. The number of carbonyl (C=O) groups is 1. The number of aromatic nitrogens is 1. The number of aryl methyl sites for hydroxylation is 1. The van der Waals surface area contributed by atoms with Crippen molar-refractivity contribution in [3.63, 3.8) is 0 Å². The van der Waals surface area contributed by atoms with Crippen LogP contribution in [0.2, 0.25) is 5.02 Å². The zero-order valence-corrected chi connectivity index (χ0v) is 25.1. The van der Waals surface area contributed by atoms with Gasteiger partial charge in [0.15, 0.2) is 5.58 Å². The highest BCUT2D eigenvalue weighted by atomic mass is 35.5. The molecule has 0 saturated heterocycles. The molecule has 43 heavy (non-hydrogen) atoms. The second-order valence-corrected chi connectivity index (χ2v) is 12.5. The molecule has 6 rings (SSSR count). The summed E-state index contributed by atoms with van der Waals surface area (Å²) < 4.78 is 52.6. The molecule has 2 heterocycles. The smallest absolute Gasteiger partial charge is 0.255 e. The molecular formula is C32H25ClFN3O5S. The largest absolute Gasteiger partial charge is 0.455 e. The number of carbonyl (C=O) groups excluding carboxylic acids is 1. The van der Waals surface area contributed by atoms with Crippen molar-refractivity contribution in [2.24, 2.45) is 0 Å². The average Bonchev–Trinajstić information content (AvgIpc) is 3.58. The lowest BCUT2D eigenvalue weighted by molar-refractivity contribution is 0.0964. The lowest BCUT2D eigenvalue weighted by atomic mass is 9.95. The number of para-hydroxylation sites is 1. The van der Waals surface area contributed by atoms with E-state index in [4.69, 9.17) is 20.4 Å². The van der Waals surface area contributed by atoms with Crippen LogP contribution in [0.15, 0.2) is 81.6 Å². The van der Waals surface area contributed by atoms with Gasteiger partial charge in [0.1, 0.15) is 22.7 Å². The number of fused-ring (bicyclic) bond motifs is 2. The van der Waals surface area contributed by atoms with Gasteiger partial charge in [-0.25, -0.2) is 17.8 Å². The first-order chi connectivity index (χ1) is 20.5. The van der Waals surface area contributed by atoms with E-state index in [-0.39, 0.29) is 16.9 Å². The number of hydrogen-bond acceptors (Lipinski definition) is 6. The highest BCUT2D eigenvalue weighted by molar-refractivity contribution is 7.92. The normalized spacial score (nSPS) is 11.8. The van der Waals surface area contributed by atoms with Gasteiger partial charge in [0.2, 0.25) is 15.9 Å². The Bertz CT molecular complexity index is 2170. The van der Waals surface area contributed by atoms with E-state index in [1.165, 1.54) is 38.4 Å². The Labute approximate surface area is 251 Å². The van der Waals surface area contributed by atoms with E-state index in [0.29, 0.717) is 55.3 Å². The van der Waals surface area contributed by atoms with Crippen LogP contribution in [0.4, 0.5) is 10.1 Å². The summed E-state index contributed by atoms with van der Waals surface area (Å²) >= 11 is 6.34. The molecule has 8 nitrogen and oxygen atoms in total. The molecule has 0 unspecified atom stereocenters. The second-order valence-electron chi connectivity index (χ2n) is 10.1. The number of nitrogens with one attached hydrogen (secondary N) is 1. The summed E-state index contributed by atoms with van der Waals surface area (Å²) in [6.07, 6.45) is 1.10. The fraction of sp³-hybridized carbons (Fsp3) is 0.125. The number of nitrogens with zero attached hydrogens (tertiary/aromatic N) is 2. The van der Waals surface area contributed by atoms with E-state index < -0.39 is 21.7 Å². The summed E-state index contributed by atoms with van der Waals surface area (Å²) in [5, 5.41) is 3.56. The maximum absolute atomic E-state index is 13.7. The molecule has 0 fully saturated rings. The standard InChI is InChI=1S/C32H25ClFN3O5S/c1-17-8-9-19(14-21(17)32-36-29-24(33)6-5-7-26(29)42-32)22-15-23-27(16-25(22)37(3)43(4,39)40)41-30(28(23)31(38)35-2)18-10-12-20(34)13-11-18/h5-16H,1-4H3,(H,35,38). The van der Waals surface area contributed by atoms with Gasteiger partial charge >= 0.3 is 0 Å². The summed E-state index contributed by atoms with van der Waals surface area (Å²) in [4.78, 5) is 17.8. The lowest BCUT2D eigenvalue weighted by Gasteiger charge is -2.21. The molecule has 6 aromatic rings. The third kappa shape index (κ3) is 5.02. The molecule has 0 bridgehead atoms. The highest BCUT2D eigenvalue weighted by Gasteiger charge is 2.26. The Balaban J connectivity index is 1.63. The zero-order chi connectivity index (χ0) is 30.6. The fourth-order valence-corrected chi connectivity index (χ4v) is 5.72. The van der Waals surface area contributed by atoms with E-state index in [1.807, 2.05) is 25.1 Å². The number of anilines is 1. The van der Waals surface area contributed by atoms with E-state index in [1.54, 1.807) is 30.3 Å². The van der Waals surface area contributed by atoms with Crippen molar-refractivity contribution < 1.29 is 26.4 Å². The minimum atomic E-state index is -3.70. The quantitative estimate of drug-likeness (QED) is 0.208. The molecule has 0 spiro atoms. The van der Waals surface area contributed by atoms with Crippen LogP contribution in [0.25, 0.3) is 56.0 Å². The number of rotatable bonds is 6. The number of benzene rings is 4. The maximum Gasteiger partial charge on any atom is 0.255 e. The van der Waals surface area contributed by atoms with E-state index in [9.17, 15) is 17.6 Å². The van der Waals surface area contributed by atoms with Crippen molar-refractivity contribution in [2.45, 2.75) is 6.92 Å². The predicted molar refractivity (Wildman–Crippen MR) is 166 cm³/mol. The van der Waals surface area contributed by atoms with Gasteiger partial charge in [-0.15, -0.1) is 0 Å². The van der Waals surface area contributed by atoms with Crippen LogP contribution in [-0.4, -0.2) is 39.7 Å². The van der Waals surface area contributed by atoms with Crippen molar-refractivity contribution in [2.75, 3.05) is 24.7 Å². The summed E-state index contributed by atoms with van der Waals surface area (Å²) in [5.74, 6) is -0.264. The van der Waals surface area contributed by atoms with Crippen molar-refractivity contribution in [3.05, 3.63) is 94.8 Å². The second kappa shape index (κ2) is 10.6. The van der Waals surface area contributed by atoms with Crippen molar-refractivity contribution in [1.82, 2.24) is 10.3 Å². The Hall–Kier alpha value is -4.67. The zero-order valence-electron chi connectivity index (χ0n) is 23.5. The maximum atomic E-state index is 13.7. The molecule has 0 aliphatic rings. The van der Waals surface area contributed by atoms with Crippen LogP contribution in [0.3, 0.4) is 0 Å². The van der Waals surface area contributed by atoms with Gasteiger partial charge in [0.25, 0.3) is 5.91 Å². The monoisotopic (exact) mass is 617 g/mol. The van der Waals surface area contributed by atoms with Gasteiger partial charge in [0.05, 0.1) is 22.5 Å². The minimum absolute atomic E-state index is 0.229. The SMILES string of the molecule is CNC(=O)c1c(-c2ccc(F)cc2)oc2cc(N(C)S(C)(=O)=O)c(-c3ccc(C)c(-c4nc5c(Cl)cccc5o4)c3)cc12. The van der Waals surface area contributed by atoms with Gasteiger partial charge in [0, 0.05) is 42.2 Å². The van der Waals surface area contributed by atoms with Crippen molar-refractivity contribution in [1.29, 1.82) is 0 Å². The number of oxazole rings is 1. The third-order valence-corrected chi connectivity index (χ3v) is 8.85. The van der Waals surface area contributed by atoms with Gasteiger partial charge in [-0.05, 0) is 66.6 Å². The minimum Gasteiger partial charge on any atom is -0.455 e. The molecule has 0 aliphatic carbocycles. The molecule has 0 atom stereocenters. The molecule has 4 aromatic carbocycles. The van der Waals surface area contributed by atoms with Crippen LogP contribution in [-0.2, 0) is 10.0 Å². The Morgan fingerprint density at radius 2 is 1.67 bits per heavy atom. The lowest BCUT2D eigenvalue weighted by Crippen LogP contribution is -2.25. The number of hydrogen-bond donors (Lipinski definition) is 1. The summed E-state index contributed by atoms with van der Waals surface area (Å²) in [5.41, 5.74) is 5.13. The number of sulfonamides is 1. The van der Waals surface area contributed by atoms with Crippen LogP contribution in [0.1, 0.15) is 15.9 Å². The molecule has 0 radical (unpaired) electrons. The molecule has 11 heteroatoms. The highest BCUT2D eigenvalue weighted by Crippen LogP contribution is 2.42. The van der Waals surface area contributed by atoms with Gasteiger partial charge in [-0.2, -0.15) is 0 Å². The average molecular weight is 618 g/mol. The molecular weight excluding hydrogens is 593 g/mol. The molecule has 0 saturated carbocycles. The predicted octanol–water partition coefficient (Wildman–Crippen LogP) is 7.43. The fourth-order valence-electron chi connectivity index (χ4n) is 5.01. The Morgan fingerprint density at radius 3 is 2.35 bits per heavy atom. The summed E-state index contributed by atoms with van der Waals surface area (Å²) in [6, 6.07) is 19.8. The van der Waals surface area contributed by atoms with E-state index in [2.05, 4.69) is 10.3 Å². The molecule has 0 aliphatic heterocycles. The molecule has 218 valence electrons. The molecule has 1 amide bonds. The third-order valence-electron chi connectivity index (χ3n) is 7.35. The van der Waals surface area contributed by atoms with Gasteiger partial charge < -0.3 is 14.2 Å². The van der Waals surface area contributed by atoms with Crippen LogP contribution in [0.5, 0.6) is 0 Å². The van der Waals surface area contributed by atoms with E-state index >= 15 is 0 Å². The van der Waals surface area contributed by atoms with Gasteiger partial charge in [-0.3, -0.25) is 9.10 Å². The van der Waals surface area contributed by atoms with Crippen LogP contribution in [0, 0.1) is 12.7 Å². The Kier molecular flexibility index (Phi) is 6.98. The summed E-state index contributed by atoms with van der Waals surface area (Å²) in [7, 11) is -0.757.